The molecule has 2 aromatic heterocycles. The molecule has 5 atom stereocenters. The van der Waals surface area contributed by atoms with Crippen molar-refractivity contribution >= 4 is 17.4 Å². The third-order valence-corrected chi connectivity index (χ3v) is 7.88. The van der Waals surface area contributed by atoms with E-state index >= 15 is 0 Å². The summed E-state index contributed by atoms with van der Waals surface area (Å²) in [5.74, 6) is 1.71. The van der Waals surface area contributed by atoms with E-state index in [1.165, 1.54) is 0 Å². The largest absolute Gasteiger partial charge is 0.355 e. The molecule has 4 N–H and O–H groups in total. The monoisotopic (exact) mass is 468 g/mol. The van der Waals surface area contributed by atoms with E-state index in [0.717, 1.165) is 74.6 Å². The molecule has 3 aliphatic heterocycles. The Morgan fingerprint density at radius 1 is 1.24 bits per heavy atom. The molecule has 9 nitrogen and oxygen atoms in total. The maximum absolute atomic E-state index is 13.7. The Morgan fingerprint density at radius 3 is 2.76 bits per heavy atom. The first kappa shape index (κ1) is 23.5. The second kappa shape index (κ2) is 9.43. The number of aromatic nitrogens is 3. The Balaban J connectivity index is 1.38. The maximum atomic E-state index is 13.7. The van der Waals surface area contributed by atoms with Gasteiger partial charge in [0.1, 0.15) is 11.9 Å². The van der Waals surface area contributed by atoms with E-state index in [1.807, 2.05) is 4.52 Å². The van der Waals surface area contributed by atoms with E-state index in [0.29, 0.717) is 12.0 Å². The van der Waals surface area contributed by atoms with Crippen molar-refractivity contribution in [3.05, 3.63) is 23.5 Å². The van der Waals surface area contributed by atoms with Crippen LogP contribution in [0.25, 0.3) is 5.65 Å². The molecule has 5 rings (SSSR count). The minimum atomic E-state index is -0.209. The van der Waals surface area contributed by atoms with E-state index in [9.17, 15) is 4.79 Å². The molecule has 3 fully saturated rings. The number of hydrogen-bond donors (Lipinski definition) is 3. The summed E-state index contributed by atoms with van der Waals surface area (Å²) in [5.41, 5.74) is 9.00. The van der Waals surface area contributed by atoms with Gasteiger partial charge in [-0.25, -0.2) is 9.50 Å². The number of nitrogens with one attached hydrogen (secondary N) is 2. The van der Waals surface area contributed by atoms with Gasteiger partial charge in [-0.15, -0.1) is 0 Å². The van der Waals surface area contributed by atoms with Gasteiger partial charge in [0.2, 0.25) is 5.91 Å². The number of piperazine rings is 1. The maximum Gasteiger partial charge on any atom is 0.241 e. The number of fused-ring (bicyclic) bond motifs is 1. The molecule has 2 aromatic rings. The summed E-state index contributed by atoms with van der Waals surface area (Å²) in [5, 5.41) is 12.1. The van der Waals surface area contributed by atoms with Crippen molar-refractivity contribution in [2.24, 2.45) is 11.7 Å². The highest BCUT2D eigenvalue weighted by atomic mass is 16.2. The van der Waals surface area contributed by atoms with Gasteiger partial charge in [0.05, 0.1) is 11.7 Å². The van der Waals surface area contributed by atoms with Gasteiger partial charge in [0, 0.05) is 62.1 Å². The number of amides is 1. The zero-order valence-electron chi connectivity index (χ0n) is 21.0. The minimum absolute atomic E-state index is 0.0104. The van der Waals surface area contributed by atoms with Gasteiger partial charge in [0.15, 0.2) is 5.65 Å². The number of aryl methyl sites for hydroxylation is 1. The molecular weight excluding hydrogens is 428 g/mol. The zero-order valence-corrected chi connectivity index (χ0v) is 21.0. The fourth-order valence-electron chi connectivity index (χ4n) is 5.82. The number of nitrogens with two attached hydrogens (primary N) is 1. The molecule has 0 saturated carbocycles. The summed E-state index contributed by atoms with van der Waals surface area (Å²) < 4.78 is 1.87. The SMILES string of the molecule is Cc1cn2nc([C@@H]3CCCCN3C(=O)C3NCC(C(C)C)NC3C)cc2nc1N1CC[C@H](N)C1. The Labute approximate surface area is 202 Å². The first-order valence-electron chi connectivity index (χ1n) is 13.0. The molecule has 0 aromatic carbocycles. The number of hydrogen-bond acceptors (Lipinski definition) is 7. The molecule has 0 spiro atoms. The van der Waals surface area contributed by atoms with Crippen LogP contribution in [0, 0.1) is 12.8 Å². The van der Waals surface area contributed by atoms with Gasteiger partial charge in [-0.05, 0) is 45.4 Å². The number of carbonyl (C=O) groups is 1. The van der Waals surface area contributed by atoms with Crippen molar-refractivity contribution in [3.8, 4) is 0 Å². The first-order valence-corrected chi connectivity index (χ1v) is 13.0. The van der Waals surface area contributed by atoms with E-state index in [4.69, 9.17) is 15.8 Å². The van der Waals surface area contributed by atoms with E-state index in [1.54, 1.807) is 0 Å². The molecule has 34 heavy (non-hydrogen) atoms. The van der Waals surface area contributed by atoms with Crippen molar-refractivity contribution in [1.29, 1.82) is 0 Å². The number of piperidine rings is 1. The first-order chi connectivity index (χ1) is 16.3. The van der Waals surface area contributed by atoms with E-state index in [-0.39, 0.29) is 30.1 Å². The van der Waals surface area contributed by atoms with Crippen molar-refractivity contribution in [3.63, 3.8) is 0 Å². The summed E-state index contributed by atoms with van der Waals surface area (Å²) >= 11 is 0. The normalized spacial score (nSPS) is 30.5. The number of likely N-dealkylation sites (tertiary alicyclic amines) is 1. The Bertz CT molecular complexity index is 1040. The van der Waals surface area contributed by atoms with Gasteiger partial charge >= 0.3 is 0 Å². The van der Waals surface area contributed by atoms with Crippen molar-refractivity contribution < 1.29 is 4.79 Å². The van der Waals surface area contributed by atoms with Crippen LogP contribution in [0.1, 0.15) is 63.8 Å². The van der Waals surface area contributed by atoms with Crippen LogP contribution in [0.15, 0.2) is 12.3 Å². The third kappa shape index (κ3) is 4.41. The van der Waals surface area contributed by atoms with Crippen LogP contribution in [-0.2, 0) is 4.79 Å². The lowest BCUT2D eigenvalue weighted by Crippen LogP contribution is -2.66. The number of rotatable bonds is 4. The van der Waals surface area contributed by atoms with Gasteiger partial charge in [-0.1, -0.05) is 13.8 Å². The molecule has 3 saturated heterocycles. The van der Waals surface area contributed by atoms with Crippen molar-refractivity contribution in [1.82, 2.24) is 30.1 Å². The fourth-order valence-corrected chi connectivity index (χ4v) is 5.82. The average molecular weight is 469 g/mol. The second-order valence-electron chi connectivity index (χ2n) is 10.8. The molecule has 1 amide bonds. The van der Waals surface area contributed by atoms with Crippen LogP contribution in [0.2, 0.25) is 0 Å². The average Bonchev–Trinajstić information content (AvgIpc) is 3.43. The molecule has 0 bridgehead atoms. The predicted octanol–water partition coefficient (Wildman–Crippen LogP) is 1.60. The number of nitrogens with zero attached hydrogens (tertiary/aromatic N) is 5. The summed E-state index contributed by atoms with van der Waals surface area (Å²) in [4.78, 5) is 23.0. The van der Waals surface area contributed by atoms with Gasteiger partial charge in [-0.2, -0.15) is 5.10 Å². The van der Waals surface area contributed by atoms with E-state index in [2.05, 4.69) is 60.4 Å². The lowest BCUT2D eigenvalue weighted by molar-refractivity contribution is -0.138. The molecule has 0 radical (unpaired) electrons. The Hall–Kier alpha value is -2.23. The minimum Gasteiger partial charge on any atom is -0.355 e. The van der Waals surface area contributed by atoms with Crippen LogP contribution >= 0.6 is 0 Å². The van der Waals surface area contributed by atoms with Crippen LogP contribution < -0.4 is 21.3 Å². The summed E-state index contributed by atoms with van der Waals surface area (Å²) in [6, 6.07) is 2.54. The Kier molecular flexibility index (Phi) is 6.52. The highest BCUT2D eigenvalue weighted by Gasteiger charge is 2.39. The highest BCUT2D eigenvalue weighted by Crippen LogP contribution is 2.32. The standard InChI is InChI=1S/C25H40N8O/c1-15(2)20-12-27-23(17(4)28-20)25(34)32-9-6-5-7-21(32)19-11-22-29-24(16(3)13-33(22)30-19)31-10-8-18(26)14-31/h11,13,15,17-18,20-21,23,27-28H,5-10,12,14,26H2,1-4H3/t17?,18-,20?,21-,23?/m0/s1. The van der Waals surface area contributed by atoms with Crippen molar-refractivity contribution in [2.75, 3.05) is 31.1 Å². The molecule has 186 valence electrons. The van der Waals surface area contributed by atoms with Crippen LogP contribution in [0.4, 0.5) is 5.82 Å². The third-order valence-electron chi connectivity index (χ3n) is 7.88. The zero-order chi connectivity index (χ0) is 24.0. The second-order valence-corrected chi connectivity index (χ2v) is 10.8. The molecular formula is C25H40N8O. The summed E-state index contributed by atoms with van der Waals surface area (Å²) in [6.07, 6.45) is 6.13. The van der Waals surface area contributed by atoms with Crippen LogP contribution in [0.5, 0.6) is 0 Å². The fraction of sp³-hybridized carbons (Fsp3) is 0.720. The lowest BCUT2D eigenvalue weighted by atomic mass is 9.94. The molecule has 9 heteroatoms. The summed E-state index contributed by atoms with van der Waals surface area (Å²) in [7, 11) is 0. The quantitative estimate of drug-likeness (QED) is 0.626. The van der Waals surface area contributed by atoms with Gasteiger partial charge < -0.3 is 26.2 Å². The van der Waals surface area contributed by atoms with Crippen LogP contribution in [-0.4, -0.2) is 75.8 Å². The van der Waals surface area contributed by atoms with E-state index < -0.39 is 0 Å². The number of anilines is 1. The van der Waals surface area contributed by atoms with Gasteiger partial charge in [-0.3, -0.25) is 4.79 Å². The lowest BCUT2D eigenvalue weighted by Gasteiger charge is -2.42. The topological polar surface area (TPSA) is 104 Å². The number of carbonyl (C=O) groups excluding carboxylic acids is 1. The van der Waals surface area contributed by atoms with Crippen LogP contribution in [0.3, 0.4) is 0 Å². The highest BCUT2D eigenvalue weighted by molar-refractivity contribution is 5.83. The molecule has 0 aliphatic carbocycles. The molecule has 5 heterocycles. The Morgan fingerprint density at radius 2 is 2.06 bits per heavy atom. The molecule has 3 aliphatic rings. The molecule has 3 unspecified atom stereocenters. The van der Waals surface area contributed by atoms with Gasteiger partial charge in [0.25, 0.3) is 0 Å². The summed E-state index contributed by atoms with van der Waals surface area (Å²) in [6.45, 7) is 12.0. The predicted molar refractivity (Wildman–Crippen MR) is 134 cm³/mol. The smallest absolute Gasteiger partial charge is 0.241 e. The van der Waals surface area contributed by atoms with Crippen molar-refractivity contribution in [2.45, 2.75) is 83.6 Å².